The van der Waals surface area contributed by atoms with Gasteiger partial charge in [-0.1, -0.05) is 37.3 Å². The van der Waals surface area contributed by atoms with Crippen LogP contribution in [0.4, 0.5) is 5.13 Å². The Balaban J connectivity index is 1.75. The van der Waals surface area contributed by atoms with Gasteiger partial charge >= 0.3 is 0 Å². The molecule has 7 heteroatoms. The summed E-state index contributed by atoms with van der Waals surface area (Å²) in [6.07, 6.45) is 2.05. The highest BCUT2D eigenvalue weighted by atomic mass is 32.1. The molecule has 1 amide bonds. The number of hydrogen-bond acceptors (Lipinski definition) is 5. The average Bonchev–Trinajstić information content (AvgIpc) is 3.39. The second-order valence-corrected chi connectivity index (χ2v) is 8.70. The van der Waals surface area contributed by atoms with Crippen molar-refractivity contribution in [2.45, 2.75) is 45.6 Å². The predicted molar refractivity (Wildman–Crippen MR) is 112 cm³/mol. The van der Waals surface area contributed by atoms with Crippen molar-refractivity contribution < 1.29 is 9.53 Å². The van der Waals surface area contributed by atoms with Crippen LogP contribution in [0, 0.1) is 6.92 Å². The van der Waals surface area contributed by atoms with Gasteiger partial charge in [-0.15, -0.1) is 0 Å². The lowest BCUT2D eigenvalue weighted by molar-refractivity contribution is 0.0913. The molecule has 1 aliphatic heterocycles. The van der Waals surface area contributed by atoms with Crippen LogP contribution in [0.1, 0.15) is 54.4 Å². The first-order valence-electron chi connectivity index (χ1n) is 9.77. The van der Waals surface area contributed by atoms with Gasteiger partial charge in [0.1, 0.15) is 0 Å². The molecule has 2 aromatic heterocycles. The maximum absolute atomic E-state index is 13.4. The Hall–Kier alpha value is -2.25. The van der Waals surface area contributed by atoms with Gasteiger partial charge in [-0.05, 0) is 43.4 Å². The number of hydrogen-bond donors (Lipinski definition) is 0. The molecule has 4 rings (SSSR count). The van der Waals surface area contributed by atoms with E-state index in [9.17, 15) is 4.79 Å². The maximum Gasteiger partial charge on any atom is 0.280 e. The van der Waals surface area contributed by atoms with Crippen molar-refractivity contribution in [3.05, 3.63) is 41.2 Å². The van der Waals surface area contributed by atoms with Crippen LogP contribution in [0.25, 0.3) is 10.2 Å². The van der Waals surface area contributed by atoms with E-state index in [1.54, 1.807) is 20.9 Å². The van der Waals surface area contributed by atoms with E-state index >= 15 is 0 Å². The molecule has 3 heterocycles. The van der Waals surface area contributed by atoms with E-state index in [0.717, 1.165) is 35.4 Å². The maximum atomic E-state index is 13.4. The second-order valence-electron chi connectivity index (χ2n) is 7.69. The molecule has 148 valence electrons. The number of para-hydroxylation sites is 1. The summed E-state index contributed by atoms with van der Waals surface area (Å²) in [5, 5.41) is 5.11. The molecule has 0 spiro atoms. The SMILES string of the molecule is Cc1cc(C(=O)N(CC2CCCO2)c2nc3c(C(C)C)cccc3s2)nn1C. The van der Waals surface area contributed by atoms with Crippen molar-refractivity contribution in [2.75, 3.05) is 18.1 Å². The van der Waals surface area contributed by atoms with Gasteiger partial charge in [0, 0.05) is 19.3 Å². The first-order valence-corrected chi connectivity index (χ1v) is 10.6. The van der Waals surface area contributed by atoms with Crippen LogP contribution in [-0.2, 0) is 11.8 Å². The number of anilines is 1. The molecule has 0 aliphatic carbocycles. The number of rotatable bonds is 5. The molecule has 0 radical (unpaired) electrons. The number of carbonyl (C=O) groups excluding carboxylic acids is 1. The molecule has 0 bridgehead atoms. The van der Waals surface area contributed by atoms with Crippen LogP contribution < -0.4 is 4.90 Å². The van der Waals surface area contributed by atoms with Gasteiger partial charge < -0.3 is 4.74 Å². The first-order chi connectivity index (χ1) is 13.4. The summed E-state index contributed by atoms with van der Waals surface area (Å²) in [6, 6.07) is 8.08. The van der Waals surface area contributed by atoms with Crippen LogP contribution in [0.3, 0.4) is 0 Å². The van der Waals surface area contributed by atoms with Crippen LogP contribution >= 0.6 is 11.3 Å². The third-order valence-electron chi connectivity index (χ3n) is 5.28. The largest absolute Gasteiger partial charge is 0.376 e. The smallest absolute Gasteiger partial charge is 0.280 e. The number of fused-ring (bicyclic) bond motifs is 1. The average molecular weight is 399 g/mol. The highest BCUT2D eigenvalue weighted by Gasteiger charge is 2.29. The molecule has 1 aromatic carbocycles. The first kappa shape index (κ1) is 19.1. The number of aromatic nitrogens is 3. The molecule has 1 atom stereocenters. The molecule has 1 unspecified atom stereocenters. The van der Waals surface area contributed by atoms with Crippen LogP contribution in [0.2, 0.25) is 0 Å². The third-order valence-corrected chi connectivity index (χ3v) is 6.32. The van der Waals surface area contributed by atoms with Crippen molar-refractivity contribution in [1.82, 2.24) is 14.8 Å². The summed E-state index contributed by atoms with van der Waals surface area (Å²) in [5.41, 5.74) is 3.59. The van der Waals surface area contributed by atoms with E-state index in [0.29, 0.717) is 23.3 Å². The number of ether oxygens (including phenoxy) is 1. The monoisotopic (exact) mass is 398 g/mol. The van der Waals surface area contributed by atoms with Gasteiger partial charge in [0.25, 0.3) is 5.91 Å². The Bertz CT molecular complexity index is 982. The summed E-state index contributed by atoms with van der Waals surface area (Å²) in [4.78, 5) is 20.0. The third kappa shape index (κ3) is 3.56. The number of thiazole rings is 1. The van der Waals surface area contributed by atoms with Crippen molar-refractivity contribution in [3.8, 4) is 0 Å². The quantitative estimate of drug-likeness (QED) is 0.643. The van der Waals surface area contributed by atoms with Crippen LogP contribution in [0.15, 0.2) is 24.3 Å². The van der Waals surface area contributed by atoms with E-state index in [-0.39, 0.29) is 12.0 Å². The van der Waals surface area contributed by atoms with Gasteiger partial charge in [-0.25, -0.2) is 4.98 Å². The summed E-state index contributed by atoms with van der Waals surface area (Å²) in [7, 11) is 1.85. The molecular weight excluding hydrogens is 372 g/mol. The van der Waals surface area contributed by atoms with E-state index in [4.69, 9.17) is 9.72 Å². The molecule has 0 saturated carbocycles. The summed E-state index contributed by atoms with van der Waals surface area (Å²) in [6.45, 7) is 7.54. The van der Waals surface area contributed by atoms with Crippen molar-refractivity contribution in [3.63, 3.8) is 0 Å². The fourth-order valence-corrected chi connectivity index (χ4v) is 4.59. The lowest BCUT2D eigenvalue weighted by Crippen LogP contribution is -2.37. The van der Waals surface area contributed by atoms with Crippen molar-refractivity contribution in [2.24, 2.45) is 7.05 Å². The summed E-state index contributed by atoms with van der Waals surface area (Å²) in [5.74, 6) is 0.253. The zero-order chi connectivity index (χ0) is 19.8. The summed E-state index contributed by atoms with van der Waals surface area (Å²) >= 11 is 1.56. The van der Waals surface area contributed by atoms with Crippen molar-refractivity contribution in [1.29, 1.82) is 0 Å². The van der Waals surface area contributed by atoms with E-state index in [2.05, 4.69) is 37.1 Å². The molecule has 1 fully saturated rings. The standard InChI is InChI=1S/C21H26N4O2S/c1-13(2)16-8-5-9-18-19(16)22-21(28-18)25(12-15-7-6-10-27-15)20(26)17-11-14(3)24(4)23-17/h5,8-9,11,13,15H,6-7,10,12H2,1-4H3. The minimum atomic E-state index is -0.121. The molecule has 0 N–H and O–H groups in total. The van der Waals surface area contributed by atoms with Gasteiger partial charge in [0.05, 0.1) is 22.9 Å². The van der Waals surface area contributed by atoms with Crippen molar-refractivity contribution >= 4 is 32.6 Å². The number of nitrogens with zero attached hydrogens (tertiary/aromatic N) is 4. The van der Waals surface area contributed by atoms with E-state index in [1.807, 2.05) is 20.0 Å². The molecule has 1 saturated heterocycles. The van der Waals surface area contributed by atoms with E-state index < -0.39 is 0 Å². The Morgan fingerprint density at radius 1 is 1.43 bits per heavy atom. The topological polar surface area (TPSA) is 60.3 Å². The lowest BCUT2D eigenvalue weighted by atomic mass is 10.0. The Labute approximate surface area is 169 Å². The zero-order valence-corrected chi connectivity index (χ0v) is 17.6. The number of amides is 1. The van der Waals surface area contributed by atoms with Crippen LogP contribution in [-0.4, -0.2) is 39.9 Å². The Kier molecular flexibility index (Phi) is 5.21. The van der Waals surface area contributed by atoms with Gasteiger partial charge in [0.15, 0.2) is 10.8 Å². The molecule has 28 heavy (non-hydrogen) atoms. The molecule has 6 nitrogen and oxygen atoms in total. The molecule has 1 aliphatic rings. The summed E-state index contributed by atoms with van der Waals surface area (Å²) < 4.78 is 8.64. The minimum absolute atomic E-state index is 0.0466. The van der Waals surface area contributed by atoms with Gasteiger partial charge in [-0.2, -0.15) is 5.10 Å². The van der Waals surface area contributed by atoms with Gasteiger partial charge in [-0.3, -0.25) is 14.4 Å². The van der Waals surface area contributed by atoms with E-state index in [1.165, 1.54) is 5.56 Å². The number of benzene rings is 1. The highest BCUT2D eigenvalue weighted by molar-refractivity contribution is 7.22. The molecular formula is C21H26N4O2S. The lowest BCUT2D eigenvalue weighted by Gasteiger charge is -2.22. The fraction of sp³-hybridized carbons (Fsp3) is 0.476. The van der Waals surface area contributed by atoms with Crippen LogP contribution in [0.5, 0.6) is 0 Å². The predicted octanol–water partition coefficient (Wildman–Crippen LogP) is 4.29. The molecule has 3 aromatic rings. The number of carbonyl (C=O) groups is 1. The Morgan fingerprint density at radius 3 is 2.89 bits per heavy atom. The Morgan fingerprint density at radius 2 is 2.25 bits per heavy atom. The normalized spacial score (nSPS) is 17.0. The minimum Gasteiger partial charge on any atom is -0.376 e. The van der Waals surface area contributed by atoms with Gasteiger partial charge in [0.2, 0.25) is 0 Å². The fourth-order valence-electron chi connectivity index (χ4n) is 3.58. The number of aryl methyl sites for hydroxylation is 2. The second kappa shape index (κ2) is 7.64. The zero-order valence-electron chi connectivity index (χ0n) is 16.8. The highest BCUT2D eigenvalue weighted by Crippen LogP contribution is 2.34.